The Hall–Kier alpha value is -1.55. The molecule has 0 bridgehead atoms. The van der Waals surface area contributed by atoms with Gasteiger partial charge in [0.1, 0.15) is 18.3 Å². The molecule has 21 heavy (non-hydrogen) atoms. The summed E-state index contributed by atoms with van der Waals surface area (Å²) in [4.78, 5) is 12.4. The normalized spacial score (nSPS) is 27.2. The highest BCUT2D eigenvalue weighted by molar-refractivity contribution is 5.85. The summed E-state index contributed by atoms with van der Waals surface area (Å²) in [5.74, 6) is 0.624. The van der Waals surface area contributed by atoms with E-state index in [0.29, 0.717) is 13.2 Å². The number of benzene rings is 1. The summed E-state index contributed by atoms with van der Waals surface area (Å²) < 4.78 is 5.57. The number of hydrogen-bond acceptors (Lipinski definition) is 3. The van der Waals surface area contributed by atoms with E-state index < -0.39 is 5.60 Å². The van der Waals surface area contributed by atoms with Gasteiger partial charge in [0.05, 0.1) is 5.60 Å². The van der Waals surface area contributed by atoms with E-state index in [-0.39, 0.29) is 17.2 Å². The van der Waals surface area contributed by atoms with Crippen molar-refractivity contribution >= 4 is 5.91 Å². The van der Waals surface area contributed by atoms with Crippen molar-refractivity contribution in [3.05, 3.63) is 29.8 Å². The van der Waals surface area contributed by atoms with E-state index in [4.69, 9.17) is 4.74 Å². The van der Waals surface area contributed by atoms with Crippen molar-refractivity contribution in [3.63, 3.8) is 0 Å². The maximum Gasteiger partial charge on any atom is 0.231 e. The number of amides is 1. The molecule has 1 aromatic carbocycles. The molecule has 2 saturated carbocycles. The van der Waals surface area contributed by atoms with Crippen molar-refractivity contribution in [1.29, 1.82) is 0 Å². The minimum Gasteiger partial charge on any atom is -0.492 e. The second-order valence-electron chi connectivity index (χ2n) is 6.78. The monoisotopic (exact) mass is 287 g/mol. The van der Waals surface area contributed by atoms with Crippen molar-refractivity contribution in [2.24, 2.45) is 5.41 Å². The summed E-state index contributed by atoms with van der Waals surface area (Å²) in [6.07, 6.45) is 4.94. The van der Waals surface area contributed by atoms with Gasteiger partial charge >= 0.3 is 0 Å². The minimum atomic E-state index is -0.523. The van der Waals surface area contributed by atoms with Crippen LogP contribution in [0.1, 0.15) is 43.6 Å². The first-order chi connectivity index (χ1) is 10.1. The second-order valence-corrected chi connectivity index (χ2v) is 6.78. The number of nitrogens with one attached hydrogen (secondary N) is 1. The molecule has 1 aliphatic heterocycles. The topological polar surface area (TPSA) is 58.6 Å². The summed E-state index contributed by atoms with van der Waals surface area (Å²) in [6, 6.07) is 7.72. The molecule has 1 aromatic rings. The molecule has 4 heteroatoms. The average Bonchev–Trinajstić information content (AvgIpc) is 3.14. The molecule has 112 valence electrons. The SMILES string of the molecule is O=C(NCC1(C2(O)CCC2)CC1)C1COc2ccccc21. The zero-order chi connectivity index (χ0) is 14.5. The first-order valence-corrected chi connectivity index (χ1v) is 7.85. The van der Waals surface area contributed by atoms with E-state index in [1.54, 1.807) is 0 Å². The van der Waals surface area contributed by atoms with Crippen LogP contribution in [0.15, 0.2) is 24.3 Å². The van der Waals surface area contributed by atoms with Gasteiger partial charge < -0.3 is 15.2 Å². The Morgan fingerprint density at radius 2 is 2.05 bits per heavy atom. The summed E-state index contributed by atoms with van der Waals surface area (Å²) >= 11 is 0. The number of fused-ring (bicyclic) bond motifs is 1. The molecule has 0 spiro atoms. The van der Waals surface area contributed by atoms with Gasteiger partial charge in [0.15, 0.2) is 0 Å². The van der Waals surface area contributed by atoms with Gasteiger partial charge in [-0.25, -0.2) is 0 Å². The molecule has 1 heterocycles. The van der Waals surface area contributed by atoms with Crippen LogP contribution in [0.25, 0.3) is 0 Å². The standard InChI is InChI=1S/C17H21NO3/c19-15(13-10-21-14-5-2-1-4-12(13)14)18-11-16(8-9-16)17(20)6-3-7-17/h1-2,4-5,13,20H,3,6-11H2,(H,18,19). The molecule has 2 aliphatic carbocycles. The maximum atomic E-state index is 12.4. The molecule has 0 radical (unpaired) electrons. The maximum absolute atomic E-state index is 12.4. The summed E-state index contributed by atoms with van der Waals surface area (Å²) in [7, 11) is 0. The third kappa shape index (κ3) is 1.96. The van der Waals surface area contributed by atoms with E-state index >= 15 is 0 Å². The van der Waals surface area contributed by atoms with Gasteiger partial charge in [-0.15, -0.1) is 0 Å². The Kier molecular flexibility index (Phi) is 2.80. The smallest absolute Gasteiger partial charge is 0.231 e. The lowest BCUT2D eigenvalue weighted by atomic mass is 9.68. The Labute approximate surface area is 124 Å². The van der Waals surface area contributed by atoms with E-state index in [2.05, 4.69) is 5.32 Å². The summed E-state index contributed by atoms with van der Waals surface area (Å²) in [5, 5.41) is 13.6. The third-order valence-corrected chi connectivity index (χ3v) is 5.64. The lowest BCUT2D eigenvalue weighted by Gasteiger charge is -2.44. The molecule has 1 atom stereocenters. The molecule has 1 amide bonds. The van der Waals surface area contributed by atoms with Crippen molar-refractivity contribution in [2.75, 3.05) is 13.2 Å². The van der Waals surface area contributed by atoms with E-state index in [1.165, 1.54) is 0 Å². The van der Waals surface area contributed by atoms with Gasteiger partial charge in [-0.3, -0.25) is 4.79 Å². The highest BCUT2D eigenvalue weighted by Crippen LogP contribution is 2.60. The number of ether oxygens (including phenoxy) is 1. The van der Waals surface area contributed by atoms with Crippen LogP contribution in [0, 0.1) is 5.41 Å². The summed E-state index contributed by atoms with van der Waals surface area (Å²) in [5.41, 5.74) is 0.395. The molecule has 0 saturated heterocycles. The van der Waals surface area contributed by atoms with Crippen molar-refractivity contribution < 1.29 is 14.6 Å². The van der Waals surface area contributed by atoms with Crippen LogP contribution in [0.3, 0.4) is 0 Å². The number of hydrogen-bond donors (Lipinski definition) is 2. The fraction of sp³-hybridized carbons (Fsp3) is 0.588. The minimum absolute atomic E-state index is 0.0224. The van der Waals surface area contributed by atoms with Gasteiger partial charge in [-0.05, 0) is 38.2 Å². The fourth-order valence-electron chi connectivity index (χ4n) is 3.76. The molecule has 2 fully saturated rings. The fourth-order valence-corrected chi connectivity index (χ4v) is 3.76. The molecule has 0 aromatic heterocycles. The van der Waals surface area contributed by atoms with E-state index in [0.717, 1.165) is 43.4 Å². The lowest BCUT2D eigenvalue weighted by Crippen LogP contribution is -2.51. The Morgan fingerprint density at radius 3 is 2.71 bits per heavy atom. The van der Waals surface area contributed by atoms with Gasteiger partial charge in [-0.2, -0.15) is 0 Å². The first kappa shape index (κ1) is 13.1. The predicted octanol–water partition coefficient (Wildman–Crippen LogP) is 1.97. The van der Waals surface area contributed by atoms with Crippen LogP contribution in [-0.2, 0) is 4.79 Å². The summed E-state index contributed by atoms with van der Waals surface area (Å²) in [6.45, 7) is 1.02. The zero-order valence-electron chi connectivity index (χ0n) is 12.1. The molecular formula is C17H21NO3. The van der Waals surface area contributed by atoms with Gasteiger partial charge in [0, 0.05) is 17.5 Å². The van der Waals surface area contributed by atoms with Gasteiger partial charge in [-0.1, -0.05) is 18.2 Å². The zero-order valence-corrected chi connectivity index (χ0v) is 12.1. The molecule has 1 unspecified atom stereocenters. The van der Waals surface area contributed by atoms with Crippen molar-refractivity contribution in [3.8, 4) is 5.75 Å². The van der Waals surface area contributed by atoms with Crippen LogP contribution < -0.4 is 10.1 Å². The lowest BCUT2D eigenvalue weighted by molar-refractivity contribution is -0.125. The largest absolute Gasteiger partial charge is 0.492 e. The quantitative estimate of drug-likeness (QED) is 0.890. The number of para-hydroxylation sites is 1. The van der Waals surface area contributed by atoms with E-state index in [1.807, 2.05) is 24.3 Å². The first-order valence-electron chi connectivity index (χ1n) is 7.85. The predicted molar refractivity (Wildman–Crippen MR) is 78.2 cm³/mol. The highest BCUT2D eigenvalue weighted by atomic mass is 16.5. The number of aliphatic hydroxyl groups is 1. The van der Waals surface area contributed by atoms with Crippen molar-refractivity contribution in [2.45, 2.75) is 43.6 Å². The number of rotatable bonds is 4. The van der Waals surface area contributed by atoms with Crippen LogP contribution >= 0.6 is 0 Å². The number of carbonyl (C=O) groups excluding carboxylic acids is 1. The average molecular weight is 287 g/mol. The molecular weight excluding hydrogens is 266 g/mol. The molecule has 4 rings (SSSR count). The van der Waals surface area contributed by atoms with Crippen LogP contribution in [-0.4, -0.2) is 29.8 Å². The van der Waals surface area contributed by atoms with Gasteiger partial charge in [0.25, 0.3) is 0 Å². The van der Waals surface area contributed by atoms with E-state index in [9.17, 15) is 9.90 Å². The highest BCUT2D eigenvalue weighted by Gasteiger charge is 2.60. The Bertz CT molecular complexity index is 575. The Morgan fingerprint density at radius 1 is 1.29 bits per heavy atom. The Balaban J connectivity index is 1.41. The third-order valence-electron chi connectivity index (χ3n) is 5.64. The molecule has 2 N–H and O–H groups in total. The molecule has 3 aliphatic rings. The van der Waals surface area contributed by atoms with Crippen LogP contribution in [0.2, 0.25) is 0 Å². The molecule has 4 nitrogen and oxygen atoms in total. The second kappa shape index (κ2) is 4.47. The van der Waals surface area contributed by atoms with Crippen LogP contribution in [0.5, 0.6) is 5.75 Å². The van der Waals surface area contributed by atoms with Crippen LogP contribution in [0.4, 0.5) is 0 Å². The van der Waals surface area contributed by atoms with Gasteiger partial charge in [0.2, 0.25) is 5.91 Å². The van der Waals surface area contributed by atoms with Crippen molar-refractivity contribution in [1.82, 2.24) is 5.32 Å². The number of carbonyl (C=O) groups is 1.